The van der Waals surface area contributed by atoms with Gasteiger partial charge in [0.25, 0.3) is 5.91 Å². The molecule has 1 aliphatic rings. The van der Waals surface area contributed by atoms with Gasteiger partial charge in [-0.25, -0.2) is 4.39 Å². The lowest BCUT2D eigenvalue weighted by Crippen LogP contribution is -2.48. The van der Waals surface area contributed by atoms with Crippen LogP contribution in [-0.4, -0.2) is 30.3 Å². The monoisotopic (exact) mass is 425 g/mol. The van der Waals surface area contributed by atoms with Gasteiger partial charge in [-0.3, -0.25) is 15.6 Å². The molecule has 1 amide bonds. The molecule has 0 aliphatic carbocycles. The second-order valence-corrected chi connectivity index (χ2v) is 6.58. The third-order valence-electron chi connectivity index (χ3n) is 3.67. The SMILES string of the molecule is C[C@H](Oc1ccc(F)cc1Cl)C(=O)NNC(=S)Nc1ccc2c(c1)OCCO2. The van der Waals surface area contributed by atoms with Gasteiger partial charge in [0.15, 0.2) is 22.7 Å². The zero-order chi connectivity index (χ0) is 20.1. The van der Waals surface area contributed by atoms with Crippen molar-refractivity contribution in [3.63, 3.8) is 0 Å². The lowest BCUT2D eigenvalue weighted by atomic mass is 10.2. The second-order valence-electron chi connectivity index (χ2n) is 5.76. The molecular weight excluding hydrogens is 409 g/mol. The van der Waals surface area contributed by atoms with Crippen molar-refractivity contribution in [3.8, 4) is 17.2 Å². The number of benzene rings is 2. The smallest absolute Gasteiger partial charge is 0.279 e. The summed E-state index contributed by atoms with van der Waals surface area (Å²) in [6.45, 7) is 2.51. The molecule has 28 heavy (non-hydrogen) atoms. The largest absolute Gasteiger partial charge is 0.486 e. The Labute approximate surface area is 171 Å². The summed E-state index contributed by atoms with van der Waals surface area (Å²) in [5.41, 5.74) is 5.67. The maximum atomic E-state index is 13.1. The minimum absolute atomic E-state index is 0.0726. The number of hydrogen-bond donors (Lipinski definition) is 3. The standard InChI is InChI=1S/C18H17ClFN3O4S/c1-10(27-14-4-2-11(20)8-13(14)19)17(24)22-23-18(28)21-12-3-5-15-16(9-12)26-7-6-25-15/h2-5,8-10H,6-7H2,1H3,(H,22,24)(H2,21,23,28)/t10-/m0/s1. The van der Waals surface area contributed by atoms with Crippen molar-refractivity contribution in [1.82, 2.24) is 10.9 Å². The van der Waals surface area contributed by atoms with E-state index < -0.39 is 17.8 Å². The number of thiocarbonyl (C=S) groups is 1. The molecule has 0 unspecified atom stereocenters. The van der Waals surface area contributed by atoms with E-state index in [4.69, 9.17) is 38.0 Å². The van der Waals surface area contributed by atoms with Crippen LogP contribution in [0.3, 0.4) is 0 Å². The quantitative estimate of drug-likeness (QED) is 0.513. The predicted octanol–water partition coefficient (Wildman–Crippen LogP) is 3.04. The molecule has 0 bridgehead atoms. The van der Waals surface area contributed by atoms with Crippen LogP contribution >= 0.6 is 23.8 Å². The summed E-state index contributed by atoms with van der Waals surface area (Å²) >= 11 is 11.0. The molecule has 0 fully saturated rings. The normalized spacial score (nSPS) is 13.2. The number of rotatable bonds is 4. The van der Waals surface area contributed by atoms with Crippen LogP contribution in [0.1, 0.15) is 6.92 Å². The van der Waals surface area contributed by atoms with E-state index in [2.05, 4.69) is 16.2 Å². The molecule has 1 heterocycles. The number of anilines is 1. The number of carbonyl (C=O) groups excluding carboxylic acids is 1. The van der Waals surface area contributed by atoms with Crippen molar-refractivity contribution in [2.24, 2.45) is 0 Å². The number of carbonyl (C=O) groups is 1. The van der Waals surface area contributed by atoms with E-state index in [1.807, 2.05) is 0 Å². The van der Waals surface area contributed by atoms with Crippen molar-refractivity contribution in [2.45, 2.75) is 13.0 Å². The maximum Gasteiger partial charge on any atom is 0.279 e. The molecule has 1 aliphatic heterocycles. The van der Waals surface area contributed by atoms with E-state index in [0.29, 0.717) is 30.4 Å². The summed E-state index contributed by atoms with van der Waals surface area (Å²) in [7, 11) is 0. The Kier molecular flexibility index (Phi) is 6.37. The first-order valence-electron chi connectivity index (χ1n) is 8.30. The first-order valence-corrected chi connectivity index (χ1v) is 9.09. The number of hydrogen-bond acceptors (Lipinski definition) is 5. The molecule has 2 aromatic rings. The molecule has 10 heteroatoms. The highest BCUT2D eigenvalue weighted by Gasteiger charge is 2.17. The van der Waals surface area contributed by atoms with Gasteiger partial charge in [-0.2, -0.15) is 0 Å². The summed E-state index contributed by atoms with van der Waals surface area (Å²) in [5.74, 6) is 0.483. The van der Waals surface area contributed by atoms with Crippen molar-refractivity contribution in [3.05, 3.63) is 47.2 Å². The Bertz CT molecular complexity index is 899. The van der Waals surface area contributed by atoms with E-state index in [1.165, 1.54) is 19.1 Å². The molecular formula is C18H17ClFN3O4S. The van der Waals surface area contributed by atoms with Crippen LogP contribution in [0.2, 0.25) is 5.02 Å². The molecule has 0 saturated carbocycles. The average Bonchev–Trinajstić information content (AvgIpc) is 2.68. The number of hydrazine groups is 1. The van der Waals surface area contributed by atoms with Crippen LogP contribution in [0.25, 0.3) is 0 Å². The Balaban J connectivity index is 1.49. The predicted molar refractivity (Wildman–Crippen MR) is 106 cm³/mol. The fraction of sp³-hybridized carbons (Fsp3) is 0.222. The molecule has 1 atom stereocenters. The Morgan fingerprint density at radius 1 is 1.18 bits per heavy atom. The zero-order valence-electron chi connectivity index (χ0n) is 14.8. The summed E-state index contributed by atoms with van der Waals surface area (Å²) in [6.07, 6.45) is -0.896. The Morgan fingerprint density at radius 2 is 1.93 bits per heavy atom. The van der Waals surface area contributed by atoms with Gasteiger partial charge in [0.1, 0.15) is 24.8 Å². The van der Waals surface area contributed by atoms with Crippen LogP contribution in [0, 0.1) is 5.82 Å². The lowest BCUT2D eigenvalue weighted by molar-refractivity contribution is -0.127. The lowest BCUT2D eigenvalue weighted by Gasteiger charge is -2.20. The maximum absolute atomic E-state index is 13.1. The van der Waals surface area contributed by atoms with E-state index in [9.17, 15) is 9.18 Å². The topological polar surface area (TPSA) is 80.9 Å². The van der Waals surface area contributed by atoms with Gasteiger partial charge in [-0.1, -0.05) is 11.6 Å². The first kappa shape index (κ1) is 20.0. The van der Waals surface area contributed by atoms with Crippen LogP contribution < -0.4 is 30.4 Å². The number of halogens is 2. The highest BCUT2D eigenvalue weighted by Crippen LogP contribution is 2.32. The molecule has 3 N–H and O–H groups in total. The van der Waals surface area contributed by atoms with Gasteiger partial charge in [-0.15, -0.1) is 0 Å². The number of amides is 1. The van der Waals surface area contributed by atoms with Gasteiger partial charge in [-0.05, 0) is 49.5 Å². The molecule has 0 spiro atoms. The van der Waals surface area contributed by atoms with Crippen LogP contribution in [0.4, 0.5) is 10.1 Å². The van der Waals surface area contributed by atoms with E-state index in [1.54, 1.807) is 18.2 Å². The van der Waals surface area contributed by atoms with Crippen molar-refractivity contribution >= 4 is 40.5 Å². The zero-order valence-corrected chi connectivity index (χ0v) is 16.3. The fourth-order valence-corrected chi connectivity index (χ4v) is 2.70. The third-order valence-corrected chi connectivity index (χ3v) is 4.17. The van der Waals surface area contributed by atoms with Gasteiger partial charge in [0, 0.05) is 11.8 Å². The van der Waals surface area contributed by atoms with E-state index in [0.717, 1.165) is 6.07 Å². The molecule has 2 aromatic carbocycles. The molecule has 3 rings (SSSR count). The van der Waals surface area contributed by atoms with Crippen molar-refractivity contribution in [2.75, 3.05) is 18.5 Å². The van der Waals surface area contributed by atoms with Gasteiger partial charge >= 0.3 is 0 Å². The average molecular weight is 426 g/mol. The van der Waals surface area contributed by atoms with Crippen LogP contribution in [-0.2, 0) is 4.79 Å². The minimum Gasteiger partial charge on any atom is -0.486 e. The summed E-state index contributed by atoms with van der Waals surface area (Å²) in [5, 5.41) is 3.15. The summed E-state index contributed by atoms with van der Waals surface area (Å²) in [4.78, 5) is 12.1. The van der Waals surface area contributed by atoms with Crippen LogP contribution in [0.15, 0.2) is 36.4 Å². The third kappa shape index (κ3) is 5.14. The molecule has 0 aromatic heterocycles. The molecule has 7 nitrogen and oxygen atoms in total. The molecule has 0 saturated heterocycles. The van der Waals surface area contributed by atoms with Gasteiger partial charge in [0.05, 0.1) is 5.02 Å². The number of ether oxygens (including phenoxy) is 3. The van der Waals surface area contributed by atoms with E-state index >= 15 is 0 Å². The highest BCUT2D eigenvalue weighted by molar-refractivity contribution is 7.80. The van der Waals surface area contributed by atoms with Crippen molar-refractivity contribution in [1.29, 1.82) is 0 Å². The van der Waals surface area contributed by atoms with E-state index in [-0.39, 0.29) is 15.9 Å². The number of nitrogens with one attached hydrogen (secondary N) is 3. The second kappa shape index (κ2) is 8.94. The Hall–Kier alpha value is -2.78. The van der Waals surface area contributed by atoms with Crippen LogP contribution in [0.5, 0.6) is 17.2 Å². The Morgan fingerprint density at radius 3 is 2.68 bits per heavy atom. The van der Waals surface area contributed by atoms with Gasteiger partial charge < -0.3 is 19.5 Å². The first-order chi connectivity index (χ1) is 13.4. The minimum atomic E-state index is -0.896. The fourth-order valence-electron chi connectivity index (χ4n) is 2.32. The molecule has 0 radical (unpaired) electrons. The van der Waals surface area contributed by atoms with Gasteiger partial charge in [0.2, 0.25) is 0 Å². The summed E-state index contributed by atoms with van der Waals surface area (Å²) < 4.78 is 29.4. The van der Waals surface area contributed by atoms with Crippen molar-refractivity contribution < 1.29 is 23.4 Å². The number of fused-ring (bicyclic) bond motifs is 1. The highest BCUT2D eigenvalue weighted by atomic mass is 35.5. The summed E-state index contributed by atoms with van der Waals surface area (Å²) in [6, 6.07) is 8.92. The molecule has 148 valence electrons.